The number of amides is 1. The molecule has 0 atom stereocenters. The Balaban J connectivity index is 1.88. The zero-order chi connectivity index (χ0) is 16.9. The van der Waals surface area contributed by atoms with Crippen molar-refractivity contribution in [1.82, 2.24) is 9.55 Å². The number of imidazole rings is 1. The Morgan fingerprint density at radius 2 is 2.04 bits per heavy atom. The van der Waals surface area contributed by atoms with Crippen LogP contribution in [0.1, 0.15) is 56.0 Å². The highest BCUT2D eigenvalue weighted by Crippen LogP contribution is 2.27. The molecule has 0 spiro atoms. The lowest BCUT2D eigenvalue weighted by atomic mass is 9.91. The first kappa shape index (κ1) is 16.7. The van der Waals surface area contributed by atoms with Gasteiger partial charge < -0.3 is 9.47 Å². The van der Waals surface area contributed by atoms with E-state index in [0.717, 1.165) is 30.8 Å². The highest BCUT2D eigenvalue weighted by Gasteiger charge is 2.19. The molecule has 4 nitrogen and oxygen atoms in total. The summed E-state index contributed by atoms with van der Waals surface area (Å²) in [7, 11) is 1.98. The first-order valence-corrected chi connectivity index (χ1v) is 9.07. The van der Waals surface area contributed by atoms with Crippen molar-refractivity contribution in [2.24, 2.45) is 7.05 Å². The van der Waals surface area contributed by atoms with Gasteiger partial charge in [-0.25, -0.2) is 4.98 Å². The first-order valence-electron chi connectivity index (χ1n) is 9.07. The maximum atomic E-state index is 12.8. The van der Waals surface area contributed by atoms with Gasteiger partial charge in [-0.05, 0) is 55.4 Å². The molecule has 0 N–H and O–H groups in total. The van der Waals surface area contributed by atoms with E-state index in [0.29, 0.717) is 13.0 Å². The lowest BCUT2D eigenvalue weighted by molar-refractivity contribution is -0.118. The van der Waals surface area contributed by atoms with Crippen LogP contribution in [-0.4, -0.2) is 15.5 Å². The minimum Gasteiger partial charge on any atom is -0.337 e. The molecule has 0 aliphatic heterocycles. The van der Waals surface area contributed by atoms with Gasteiger partial charge in [0.15, 0.2) is 0 Å². The van der Waals surface area contributed by atoms with Crippen molar-refractivity contribution >= 4 is 11.6 Å². The molecule has 1 aromatic carbocycles. The van der Waals surface area contributed by atoms with Crippen LogP contribution in [0.4, 0.5) is 5.69 Å². The molecular formula is C20H27N3O. The van der Waals surface area contributed by atoms with Crippen molar-refractivity contribution in [1.29, 1.82) is 0 Å². The number of carbonyl (C=O) groups excluding carboxylic acids is 1. The van der Waals surface area contributed by atoms with E-state index in [1.807, 2.05) is 22.7 Å². The predicted octanol–water partition coefficient (Wildman–Crippen LogP) is 4.02. The molecule has 3 rings (SSSR count). The monoisotopic (exact) mass is 325 g/mol. The van der Waals surface area contributed by atoms with Crippen LogP contribution in [0.3, 0.4) is 0 Å². The van der Waals surface area contributed by atoms with Crippen LogP contribution in [0.5, 0.6) is 0 Å². The second-order valence-corrected chi connectivity index (χ2v) is 6.70. The maximum Gasteiger partial charge on any atom is 0.227 e. The SMILES string of the molecule is CCCCC(=O)N(Cc1nccn1C)c1ccc2c(c1)CCCC2. The zero-order valence-electron chi connectivity index (χ0n) is 14.8. The van der Waals surface area contributed by atoms with E-state index in [1.54, 1.807) is 6.20 Å². The number of aryl methyl sites for hydroxylation is 3. The summed E-state index contributed by atoms with van der Waals surface area (Å²) < 4.78 is 1.98. The molecule has 0 fully saturated rings. The fourth-order valence-electron chi connectivity index (χ4n) is 3.36. The van der Waals surface area contributed by atoms with E-state index in [-0.39, 0.29) is 5.91 Å². The van der Waals surface area contributed by atoms with E-state index in [9.17, 15) is 4.79 Å². The van der Waals surface area contributed by atoms with Crippen LogP contribution in [0, 0.1) is 0 Å². The Kier molecular flexibility index (Phi) is 5.34. The van der Waals surface area contributed by atoms with Crippen LogP contribution < -0.4 is 4.90 Å². The van der Waals surface area contributed by atoms with Gasteiger partial charge in [-0.15, -0.1) is 0 Å². The molecule has 1 aliphatic carbocycles. The minimum atomic E-state index is 0.190. The van der Waals surface area contributed by atoms with Crippen molar-refractivity contribution in [3.8, 4) is 0 Å². The summed E-state index contributed by atoms with van der Waals surface area (Å²) in [6, 6.07) is 6.54. The van der Waals surface area contributed by atoms with Gasteiger partial charge in [0.2, 0.25) is 5.91 Å². The minimum absolute atomic E-state index is 0.190. The zero-order valence-corrected chi connectivity index (χ0v) is 14.8. The van der Waals surface area contributed by atoms with Gasteiger partial charge in [0.25, 0.3) is 0 Å². The molecule has 4 heteroatoms. The number of benzene rings is 1. The van der Waals surface area contributed by atoms with Crippen LogP contribution in [0.15, 0.2) is 30.6 Å². The number of fused-ring (bicyclic) bond motifs is 1. The van der Waals surface area contributed by atoms with E-state index in [4.69, 9.17) is 0 Å². The predicted molar refractivity (Wildman–Crippen MR) is 97.0 cm³/mol. The van der Waals surface area contributed by atoms with Crippen LogP contribution >= 0.6 is 0 Å². The van der Waals surface area contributed by atoms with Crippen molar-refractivity contribution in [3.63, 3.8) is 0 Å². The Morgan fingerprint density at radius 1 is 1.25 bits per heavy atom. The Labute approximate surface area is 144 Å². The van der Waals surface area contributed by atoms with Gasteiger partial charge in [-0.3, -0.25) is 4.79 Å². The molecule has 1 amide bonds. The molecule has 1 aliphatic rings. The molecule has 0 unspecified atom stereocenters. The van der Waals surface area contributed by atoms with Crippen molar-refractivity contribution in [2.45, 2.75) is 58.4 Å². The highest BCUT2D eigenvalue weighted by atomic mass is 16.2. The molecule has 1 heterocycles. The summed E-state index contributed by atoms with van der Waals surface area (Å²) in [6.07, 6.45) is 11.1. The normalized spacial score (nSPS) is 13.6. The van der Waals surface area contributed by atoms with Gasteiger partial charge in [0.1, 0.15) is 5.82 Å². The second kappa shape index (κ2) is 7.65. The first-order chi connectivity index (χ1) is 11.7. The summed E-state index contributed by atoms with van der Waals surface area (Å²) >= 11 is 0. The number of hydrogen-bond acceptors (Lipinski definition) is 2. The summed E-state index contributed by atoms with van der Waals surface area (Å²) in [5.74, 6) is 1.10. The van der Waals surface area contributed by atoms with E-state index in [1.165, 1.54) is 30.4 Å². The van der Waals surface area contributed by atoms with Gasteiger partial charge in [-0.1, -0.05) is 19.4 Å². The Hall–Kier alpha value is -2.10. The van der Waals surface area contributed by atoms with Gasteiger partial charge in [0, 0.05) is 31.5 Å². The van der Waals surface area contributed by atoms with Gasteiger partial charge in [-0.2, -0.15) is 0 Å². The van der Waals surface area contributed by atoms with Crippen LogP contribution in [0.25, 0.3) is 0 Å². The lowest BCUT2D eigenvalue weighted by Crippen LogP contribution is -2.31. The fourth-order valence-corrected chi connectivity index (χ4v) is 3.36. The standard InChI is InChI=1S/C20H27N3O/c1-3-4-9-20(24)23(15-19-21-12-13-22(19)2)18-11-10-16-7-5-6-8-17(16)14-18/h10-14H,3-9,15H2,1-2H3. The topological polar surface area (TPSA) is 38.1 Å². The summed E-state index contributed by atoms with van der Waals surface area (Å²) in [5, 5.41) is 0. The number of rotatable bonds is 6. The highest BCUT2D eigenvalue weighted by molar-refractivity contribution is 5.93. The molecule has 2 aromatic rings. The maximum absolute atomic E-state index is 12.8. The van der Waals surface area contributed by atoms with Crippen molar-refractivity contribution in [3.05, 3.63) is 47.5 Å². The van der Waals surface area contributed by atoms with Crippen molar-refractivity contribution in [2.75, 3.05) is 4.90 Å². The van der Waals surface area contributed by atoms with E-state index in [2.05, 4.69) is 30.1 Å². The number of anilines is 1. The molecule has 0 radical (unpaired) electrons. The molecule has 1 aromatic heterocycles. The average molecular weight is 325 g/mol. The second-order valence-electron chi connectivity index (χ2n) is 6.70. The number of nitrogens with zero attached hydrogens (tertiary/aromatic N) is 3. The third kappa shape index (κ3) is 3.69. The Morgan fingerprint density at radius 3 is 2.75 bits per heavy atom. The lowest BCUT2D eigenvalue weighted by Gasteiger charge is -2.25. The smallest absolute Gasteiger partial charge is 0.227 e. The van der Waals surface area contributed by atoms with Gasteiger partial charge in [0.05, 0.1) is 6.54 Å². The average Bonchev–Trinajstić information content (AvgIpc) is 3.02. The van der Waals surface area contributed by atoms with Crippen LogP contribution in [0.2, 0.25) is 0 Å². The van der Waals surface area contributed by atoms with E-state index >= 15 is 0 Å². The molecular weight excluding hydrogens is 298 g/mol. The van der Waals surface area contributed by atoms with E-state index < -0.39 is 0 Å². The Bertz CT molecular complexity index is 705. The number of carbonyl (C=O) groups is 1. The molecule has 0 saturated heterocycles. The number of unbranched alkanes of at least 4 members (excludes halogenated alkanes) is 1. The third-order valence-corrected chi connectivity index (χ3v) is 4.91. The summed E-state index contributed by atoms with van der Waals surface area (Å²) in [5.41, 5.74) is 3.87. The third-order valence-electron chi connectivity index (χ3n) is 4.91. The molecule has 128 valence electrons. The molecule has 0 saturated carbocycles. The molecule has 0 bridgehead atoms. The summed E-state index contributed by atoms with van der Waals surface area (Å²) in [6.45, 7) is 2.65. The fraction of sp³-hybridized carbons (Fsp3) is 0.500. The van der Waals surface area contributed by atoms with Crippen molar-refractivity contribution < 1.29 is 4.79 Å². The quantitative estimate of drug-likeness (QED) is 0.804. The molecule has 24 heavy (non-hydrogen) atoms. The van der Waals surface area contributed by atoms with Gasteiger partial charge >= 0.3 is 0 Å². The largest absolute Gasteiger partial charge is 0.337 e. The van der Waals surface area contributed by atoms with Crippen LogP contribution in [-0.2, 0) is 31.2 Å². The summed E-state index contributed by atoms with van der Waals surface area (Å²) in [4.78, 5) is 19.1. The number of aromatic nitrogens is 2. The number of hydrogen-bond donors (Lipinski definition) is 0.